The lowest BCUT2D eigenvalue weighted by Gasteiger charge is -2.14. The first-order chi connectivity index (χ1) is 12.2. The lowest BCUT2D eigenvalue weighted by atomic mass is 10.1. The van der Waals surface area contributed by atoms with E-state index in [1.807, 2.05) is 19.1 Å². The van der Waals surface area contributed by atoms with Crippen molar-refractivity contribution in [3.63, 3.8) is 0 Å². The molecule has 0 radical (unpaired) electrons. The second-order valence-corrected chi connectivity index (χ2v) is 8.55. The van der Waals surface area contributed by atoms with Crippen LogP contribution in [0, 0.1) is 20.8 Å². The van der Waals surface area contributed by atoms with Crippen LogP contribution in [0.2, 0.25) is 0 Å². The van der Waals surface area contributed by atoms with Gasteiger partial charge in [-0.25, -0.2) is 12.4 Å². The van der Waals surface area contributed by atoms with Crippen LogP contribution in [0.4, 0.5) is 0 Å². The maximum absolute atomic E-state index is 13.5. The van der Waals surface area contributed by atoms with Gasteiger partial charge < -0.3 is 10.2 Å². The molecule has 0 amide bonds. The number of rotatable bonds is 4. The van der Waals surface area contributed by atoms with Crippen molar-refractivity contribution >= 4 is 20.9 Å². The smallest absolute Gasteiger partial charge is 0.268 e. The molecule has 138 valence electrons. The summed E-state index contributed by atoms with van der Waals surface area (Å²) in [6.45, 7) is 6.92. The normalized spacial score (nSPS) is 13.3. The molecule has 1 unspecified atom stereocenters. The molecule has 0 bridgehead atoms. The van der Waals surface area contributed by atoms with Crippen molar-refractivity contribution in [1.82, 2.24) is 3.97 Å². The van der Waals surface area contributed by atoms with Crippen LogP contribution in [0.5, 0.6) is 0 Å². The van der Waals surface area contributed by atoms with Gasteiger partial charge in [-0.2, -0.15) is 0 Å². The fourth-order valence-corrected chi connectivity index (χ4v) is 5.36. The van der Waals surface area contributed by atoms with Gasteiger partial charge in [0.1, 0.15) is 0 Å². The molecule has 2 aromatic carbocycles. The summed E-state index contributed by atoms with van der Waals surface area (Å²) in [6.07, 6.45) is 0.666. The van der Waals surface area contributed by atoms with Crippen molar-refractivity contribution in [3.8, 4) is 0 Å². The van der Waals surface area contributed by atoms with Gasteiger partial charge in [0.2, 0.25) is 0 Å². The van der Waals surface area contributed by atoms with Gasteiger partial charge in [-0.15, -0.1) is 0 Å². The molecular weight excluding hydrogens is 350 g/mol. The number of fused-ring (bicyclic) bond motifs is 1. The maximum Gasteiger partial charge on any atom is 0.268 e. The van der Waals surface area contributed by atoms with E-state index in [4.69, 9.17) is 0 Å². The van der Waals surface area contributed by atoms with Crippen molar-refractivity contribution in [2.75, 3.05) is 0 Å². The molecule has 0 fully saturated rings. The Kier molecular flexibility index (Phi) is 4.69. The third-order valence-corrected chi connectivity index (χ3v) is 6.60. The Morgan fingerprint density at radius 2 is 1.69 bits per heavy atom. The van der Waals surface area contributed by atoms with Crippen LogP contribution in [-0.2, 0) is 16.6 Å². The van der Waals surface area contributed by atoms with E-state index in [9.17, 15) is 18.6 Å². The molecule has 0 aliphatic heterocycles. The van der Waals surface area contributed by atoms with Crippen molar-refractivity contribution in [2.24, 2.45) is 0 Å². The van der Waals surface area contributed by atoms with Crippen LogP contribution in [0.1, 0.15) is 40.8 Å². The molecule has 5 nitrogen and oxygen atoms in total. The van der Waals surface area contributed by atoms with E-state index in [2.05, 4.69) is 0 Å². The van der Waals surface area contributed by atoms with Crippen LogP contribution in [0.3, 0.4) is 0 Å². The number of aliphatic hydroxyl groups is 2. The second-order valence-electron chi connectivity index (χ2n) is 6.80. The lowest BCUT2D eigenvalue weighted by molar-refractivity contribution is 0.201. The van der Waals surface area contributed by atoms with Gasteiger partial charge in [0.15, 0.2) is 0 Å². The second kappa shape index (κ2) is 6.54. The number of aromatic nitrogens is 1. The van der Waals surface area contributed by atoms with E-state index in [0.29, 0.717) is 33.2 Å². The third-order valence-electron chi connectivity index (χ3n) is 4.62. The van der Waals surface area contributed by atoms with Crippen molar-refractivity contribution in [2.45, 2.75) is 45.3 Å². The van der Waals surface area contributed by atoms with Gasteiger partial charge in [-0.05, 0) is 50.5 Å². The molecule has 26 heavy (non-hydrogen) atoms. The molecule has 1 atom stereocenters. The number of aryl methyl sites for hydroxylation is 3. The zero-order valence-corrected chi connectivity index (χ0v) is 16.1. The van der Waals surface area contributed by atoms with Crippen LogP contribution < -0.4 is 0 Å². The van der Waals surface area contributed by atoms with Gasteiger partial charge in [0.05, 0.1) is 23.1 Å². The van der Waals surface area contributed by atoms with Crippen LogP contribution in [0.15, 0.2) is 41.4 Å². The Morgan fingerprint density at radius 1 is 1.08 bits per heavy atom. The number of benzene rings is 2. The summed E-state index contributed by atoms with van der Waals surface area (Å²) in [5.74, 6) is 0. The molecule has 3 aromatic rings. The Balaban J connectivity index is 2.37. The summed E-state index contributed by atoms with van der Waals surface area (Å²) in [6, 6.07) is 8.82. The first-order valence-corrected chi connectivity index (χ1v) is 9.87. The highest BCUT2D eigenvalue weighted by atomic mass is 32.2. The summed E-state index contributed by atoms with van der Waals surface area (Å²) in [5.41, 5.74) is 3.97. The zero-order chi connectivity index (χ0) is 19.2. The van der Waals surface area contributed by atoms with Gasteiger partial charge in [-0.1, -0.05) is 29.8 Å². The highest BCUT2D eigenvalue weighted by Gasteiger charge is 2.26. The molecule has 1 heterocycles. The van der Waals surface area contributed by atoms with E-state index in [1.165, 1.54) is 10.2 Å². The Hall–Kier alpha value is -2.15. The number of aliphatic hydroxyl groups excluding tert-OH is 2. The number of hydrogen-bond acceptors (Lipinski definition) is 4. The predicted molar refractivity (Wildman–Crippen MR) is 102 cm³/mol. The molecular formula is C20H23NO4S. The number of hydrogen-bond donors (Lipinski definition) is 2. The average Bonchev–Trinajstić information content (AvgIpc) is 2.93. The predicted octanol–water partition coefficient (Wildman–Crippen LogP) is 3.35. The Morgan fingerprint density at radius 3 is 2.23 bits per heavy atom. The first-order valence-electron chi connectivity index (χ1n) is 8.43. The van der Waals surface area contributed by atoms with E-state index in [1.54, 1.807) is 39.0 Å². The highest BCUT2D eigenvalue weighted by Crippen LogP contribution is 2.32. The highest BCUT2D eigenvalue weighted by molar-refractivity contribution is 7.90. The summed E-state index contributed by atoms with van der Waals surface area (Å²) >= 11 is 0. The minimum atomic E-state index is -3.86. The average molecular weight is 373 g/mol. The van der Waals surface area contributed by atoms with Gasteiger partial charge in [0.25, 0.3) is 10.0 Å². The molecule has 0 aliphatic rings. The molecule has 3 rings (SSSR count). The fourth-order valence-electron chi connectivity index (χ4n) is 3.57. The standard InChI is InChI=1S/C20H23NO4S/c1-12-7-13(2)20(14(3)8-12)26(24,25)21-10-18(15(4)23)17-6-5-16(11-22)9-19(17)21/h5-10,15,22-23H,11H2,1-4H3. The Bertz CT molecular complexity index is 1070. The van der Waals surface area contributed by atoms with Gasteiger partial charge in [0, 0.05) is 17.1 Å². The van der Waals surface area contributed by atoms with E-state index in [0.717, 1.165) is 5.56 Å². The van der Waals surface area contributed by atoms with Crippen LogP contribution in [0.25, 0.3) is 10.9 Å². The molecule has 0 spiro atoms. The molecule has 6 heteroatoms. The minimum absolute atomic E-state index is 0.187. The molecule has 0 saturated heterocycles. The topological polar surface area (TPSA) is 79.5 Å². The fraction of sp³-hybridized carbons (Fsp3) is 0.300. The molecule has 1 aromatic heterocycles. The van der Waals surface area contributed by atoms with Gasteiger partial charge in [-0.3, -0.25) is 0 Å². The van der Waals surface area contributed by atoms with Crippen molar-refractivity contribution in [1.29, 1.82) is 0 Å². The summed E-state index contributed by atoms with van der Waals surface area (Å²) in [5, 5.41) is 20.2. The van der Waals surface area contributed by atoms with E-state index in [-0.39, 0.29) is 11.5 Å². The van der Waals surface area contributed by atoms with Crippen LogP contribution >= 0.6 is 0 Å². The quantitative estimate of drug-likeness (QED) is 0.735. The van der Waals surface area contributed by atoms with Crippen molar-refractivity contribution < 1.29 is 18.6 Å². The van der Waals surface area contributed by atoms with Gasteiger partial charge >= 0.3 is 0 Å². The SMILES string of the molecule is Cc1cc(C)c(S(=O)(=O)n2cc(C(C)O)c3ccc(CO)cc32)c(C)c1. The number of nitrogens with zero attached hydrogens (tertiary/aromatic N) is 1. The van der Waals surface area contributed by atoms with Crippen molar-refractivity contribution in [3.05, 3.63) is 64.3 Å². The maximum atomic E-state index is 13.5. The van der Waals surface area contributed by atoms with E-state index < -0.39 is 16.1 Å². The molecule has 0 saturated carbocycles. The van der Waals surface area contributed by atoms with E-state index >= 15 is 0 Å². The summed E-state index contributed by atoms with van der Waals surface area (Å²) in [4.78, 5) is 0.270. The Labute approximate surface area is 153 Å². The minimum Gasteiger partial charge on any atom is -0.392 e. The monoisotopic (exact) mass is 373 g/mol. The largest absolute Gasteiger partial charge is 0.392 e. The third kappa shape index (κ3) is 2.94. The summed E-state index contributed by atoms with van der Waals surface area (Å²) in [7, 11) is -3.86. The van der Waals surface area contributed by atoms with Crippen LogP contribution in [-0.4, -0.2) is 22.6 Å². The first kappa shape index (κ1) is 18.6. The molecule has 2 N–H and O–H groups in total. The lowest BCUT2D eigenvalue weighted by Crippen LogP contribution is -2.15. The zero-order valence-electron chi connectivity index (χ0n) is 15.3. The molecule has 0 aliphatic carbocycles. The summed E-state index contributed by atoms with van der Waals surface area (Å²) < 4.78 is 28.1.